The minimum atomic E-state index is -1.45. The van der Waals surface area contributed by atoms with Gasteiger partial charge in [-0.3, -0.25) is 4.79 Å². The van der Waals surface area contributed by atoms with Crippen LogP contribution in [-0.4, -0.2) is 28.3 Å². The summed E-state index contributed by atoms with van der Waals surface area (Å²) in [6, 6.07) is 15.4. The summed E-state index contributed by atoms with van der Waals surface area (Å²) >= 11 is 0. The Morgan fingerprint density at radius 1 is 0.909 bits per heavy atom. The van der Waals surface area contributed by atoms with Crippen LogP contribution < -0.4 is 9.47 Å². The Hall–Kier alpha value is -3.02. The first-order valence-electron chi connectivity index (χ1n) is 6.49. The summed E-state index contributed by atoms with van der Waals surface area (Å²) in [7, 11) is 0. The van der Waals surface area contributed by atoms with Crippen molar-refractivity contribution in [2.45, 2.75) is 12.5 Å². The lowest BCUT2D eigenvalue weighted by Gasteiger charge is -2.14. The van der Waals surface area contributed by atoms with Crippen molar-refractivity contribution in [1.29, 1.82) is 0 Å². The second-order valence-corrected chi connectivity index (χ2v) is 4.43. The summed E-state index contributed by atoms with van der Waals surface area (Å²) < 4.78 is 10.8. The number of ether oxygens (including phenoxy) is 2. The normalized spacial score (nSPS) is 11.5. The number of para-hydroxylation sites is 1. The molecule has 2 aromatic rings. The molecule has 0 heterocycles. The highest BCUT2D eigenvalue weighted by atomic mass is 16.5. The minimum Gasteiger partial charge on any atom is -0.481 e. The van der Waals surface area contributed by atoms with Crippen molar-refractivity contribution in [1.82, 2.24) is 0 Å². The molecule has 6 nitrogen and oxygen atoms in total. The van der Waals surface area contributed by atoms with Crippen LogP contribution in [0, 0.1) is 0 Å². The van der Waals surface area contributed by atoms with E-state index in [1.54, 1.807) is 24.3 Å². The molecule has 0 fully saturated rings. The summed E-state index contributed by atoms with van der Waals surface area (Å²) in [6.07, 6.45) is -2.08. The first-order valence-corrected chi connectivity index (χ1v) is 6.49. The predicted octanol–water partition coefficient (Wildman–Crippen LogP) is 2.79. The Morgan fingerprint density at radius 2 is 1.55 bits per heavy atom. The number of hydrogen-bond donors (Lipinski definition) is 2. The van der Waals surface area contributed by atoms with Gasteiger partial charge >= 0.3 is 11.9 Å². The topological polar surface area (TPSA) is 93.1 Å². The first-order chi connectivity index (χ1) is 10.5. The molecule has 2 aromatic carbocycles. The zero-order valence-electron chi connectivity index (χ0n) is 11.5. The van der Waals surface area contributed by atoms with Crippen LogP contribution in [0.15, 0.2) is 54.6 Å². The lowest BCUT2D eigenvalue weighted by Crippen LogP contribution is -2.29. The molecule has 0 saturated carbocycles. The fourth-order valence-corrected chi connectivity index (χ4v) is 1.74. The van der Waals surface area contributed by atoms with E-state index in [0.717, 1.165) is 0 Å². The number of carboxylic acids is 2. The van der Waals surface area contributed by atoms with Crippen molar-refractivity contribution in [3.05, 3.63) is 54.6 Å². The predicted molar refractivity (Wildman–Crippen MR) is 77.3 cm³/mol. The van der Waals surface area contributed by atoms with Crippen molar-refractivity contribution in [3.8, 4) is 17.2 Å². The average Bonchev–Trinajstić information content (AvgIpc) is 2.47. The van der Waals surface area contributed by atoms with E-state index in [1.807, 2.05) is 18.2 Å². The monoisotopic (exact) mass is 302 g/mol. The number of hydrogen-bond acceptors (Lipinski definition) is 4. The van der Waals surface area contributed by atoms with Gasteiger partial charge in [-0.15, -0.1) is 0 Å². The molecule has 0 bridgehead atoms. The molecule has 0 aliphatic rings. The van der Waals surface area contributed by atoms with Gasteiger partial charge in [-0.05, 0) is 24.3 Å². The molecule has 22 heavy (non-hydrogen) atoms. The number of rotatable bonds is 7. The van der Waals surface area contributed by atoms with Crippen LogP contribution in [0.3, 0.4) is 0 Å². The van der Waals surface area contributed by atoms with E-state index in [0.29, 0.717) is 11.5 Å². The highest BCUT2D eigenvalue weighted by Gasteiger charge is 2.23. The molecule has 2 N–H and O–H groups in total. The van der Waals surface area contributed by atoms with Gasteiger partial charge in [0.05, 0.1) is 6.42 Å². The van der Waals surface area contributed by atoms with Crippen molar-refractivity contribution in [2.24, 2.45) is 0 Å². The summed E-state index contributed by atoms with van der Waals surface area (Å²) in [5.74, 6) is -1.27. The van der Waals surface area contributed by atoms with Gasteiger partial charge in [0.25, 0.3) is 0 Å². The largest absolute Gasteiger partial charge is 0.481 e. The maximum atomic E-state index is 11.0. The third-order valence-corrected chi connectivity index (χ3v) is 2.70. The van der Waals surface area contributed by atoms with E-state index in [-0.39, 0.29) is 5.75 Å². The van der Waals surface area contributed by atoms with Crippen molar-refractivity contribution < 1.29 is 29.3 Å². The zero-order valence-corrected chi connectivity index (χ0v) is 11.5. The van der Waals surface area contributed by atoms with E-state index in [1.165, 1.54) is 12.1 Å². The van der Waals surface area contributed by atoms with E-state index in [4.69, 9.17) is 19.7 Å². The number of benzene rings is 2. The van der Waals surface area contributed by atoms with E-state index < -0.39 is 24.5 Å². The average molecular weight is 302 g/mol. The Bertz CT molecular complexity index is 653. The maximum Gasteiger partial charge on any atom is 0.345 e. The summed E-state index contributed by atoms with van der Waals surface area (Å²) in [6.45, 7) is 0. The third-order valence-electron chi connectivity index (χ3n) is 2.70. The van der Waals surface area contributed by atoms with Gasteiger partial charge in [-0.25, -0.2) is 4.79 Å². The molecule has 1 atom stereocenters. The summed E-state index contributed by atoms with van der Waals surface area (Å²) in [5, 5.41) is 17.7. The molecule has 2 rings (SSSR count). The van der Waals surface area contributed by atoms with Gasteiger partial charge < -0.3 is 19.7 Å². The van der Waals surface area contributed by atoms with E-state index in [2.05, 4.69) is 0 Å². The molecule has 0 spiro atoms. The van der Waals surface area contributed by atoms with Crippen LogP contribution in [0.25, 0.3) is 0 Å². The smallest absolute Gasteiger partial charge is 0.345 e. The Labute approximate surface area is 126 Å². The van der Waals surface area contributed by atoms with Gasteiger partial charge in [0.1, 0.15) is 17.2 Å². The van der Waals surface area contributed by atoms with E-state index >= 15 is 0 Å². The van der Waals surface area contributed by atoms with Crippen LogP contribution in [0.2, 0.25) is 0 Å². The molecule has 0 saturated heterocycles. The second kappa shape index (κ2) is 7.12. The molecule has 0 aliphatic carbocycles. The summed E-state index contributed by atoms with van der Waals surface area (Å²) in [5.41, 5.74) is 0. The maximum absolute atomic E-state index is 11.0. The lowest BCUT2D eigenvalue weighted by molar-refractivity contribution is -0.151. The van der Waals surface area contributed by atoms with Gasteiger partial charge in [0, 0.05) is 6.07 Å². The standard InChI is InChI=1S/C16H14O6/c17-15(18)10-14(16(19)20)22-13-8-4-7-12(9-13)21-11-5-2-1-3-6-11/h1-9,14H,10H2,(H,17,18)(H,19,20). The quantitative estimate of drug-likeness (QED) is 0.817. The van der Waals surface area contributed by atoms with Crippen LogP contribution in [0.1, 0.15) is 6.42 Å². The fraction of sp³-hybridized carbons (Fsp3) is 0.125. The first kappa shape index (κ1) is 15.4. The highest BCUT2D eigenvalue weighted by molar-refractivity contribution is 5.80. The van der Waals surface area contributed by atoms with Gasteiger partial charge in [0.15, 0.2) is 0 Å². The molecule has 6 heteroatoms. The molecule has 0 radical (unpaired) electrons. The number of carbonyl (C=O) groups is 2. The number of carboxylic acid groups (broad SMARTS) is 2. The fourth-order valence-electron chi connectivity index (χ4n) is 1.74. The van der Waals surface area contributed by atoms with E-state index in [9.17, 15) is 9.59 Å². The van der Waals surface area contributed by atoms with Crippen LogP contribution in [0.5, 0.6) is 17.2 Å². The molecule has 114 valence electrons. The van der Waals surface area contributed by atoms with Crippen molar-refractivity contribution in [3.63, 3.8) is 0 Å². The number of aliphatic carboxylic acids is 2. The van der Waals surface area contributed by atoms with Gasteiger partial charge in [0.2, 0.25) is 6.10 Å². The SMILES string of the molecule is O=C(O)CC(Oc1cccc(Oc2ccccc2)c1)C(=O)O. The zero-order chi connectivity index (χ0) is 15.9. The Kier molecular flexibility index (Phi) is 4.98. The van der Waals surface area contributed by atoms with Gasteiger partial charge in [-0.2, -0.15) is 0 Å². The Morgan fingerprint density at radius 3 is 2.18 bits per heavy atom. The molecule has 1 unspecified atom stereocenters. The molecular weight excluding hydrogens is 288 g/mol. The van der Waals surface area contributed by atoms with Crippen LogP contribution in [-0.2, 0) is 9.59 Å². The lowest BCUT2D eigenvalue weighted by atomic mass is 10.2. The molecule has 0 aliphatic heterocycles. The molecule has 0 amide bonds. The Balaban J connectivity index is 2.10. The molecule has 0 aromatic heterocycles. The summed E-state index contributed by atoms with van der Waals surface area (Å²) in [4.78, 5) is 21.6. The second-order valence-electron chi connectivity index (χ2n) is 4.43. The third kappa shape index (κ3) is 4.52. The van der Waals surface area contributed by atoms with Crippen LogP contribution in [0.4, 0.5) is 0 Å². The van der Waals surface area contributed by atoms with Crippen molar-refractivity contribution in [2.75, 3.05) is 0 Å². The van der Waals surface area contributed by atoms with Gasteiger partial charge in [-0.1, -0.05) is 24.3 Å². The molecular formula is C16H14O6. The van der Waals surface area contributed by atoms with Crippen molar-refractivity contribution >= 4 is 11.9 Å². The van der Waals surface area contributed by atoms with Crippen LogP contribution >= 0.6 is 0 Å². The minimum absolute atomic E-state index is 0.224. The highest BCUT2D eigenvalue weighted by Crippen LogP contribution is 2.25.